The third kappa shape index (κ3) is 6.79. The van der Waals surface area contributed by atoms with Crippen LogP contribution in [0.5, 0.6) is 0 Å². The lowest BCUT2D eigenvalue weighted by atomic mass is 9.93. The van der Waals surface area contributed by atoms with E-state index in [4.69, 9.17) is 4.74 Å². The molecule has 1 aliphatic heterocycles. The molecule has 1 saturated heterocycles. The van der Waals surface area contributed by atoms with Crippen LogP contribution in [0, 0.1) is 5.41 Å². The van der Waals surface area contributed by atoms with Crippen LogP contribution in [0.4, 0.5) is 18.0 Å². The highest BCUT2D eigenvalue weighted by molar-refractivity contribution is 5.95. The number of ether oxygens (including phenoxy) is 2. The first-order valence-electron chi connectivity index (χ1n) is 6.75. The van der Waals surface area contributed by atoms with Gasteiger partial charge in [-0.15, -0.1) is 0 Å². The molecule has 0 aromatic carbocycles. The molecule has 8 heteroatoms. The Kier molecular flexibility index (Phi) is 6.00. The number of hydrogen-bond donors (Lipinski definition) is 0. The van der Waals surface area contributed by atoms with Crippen molar-refractivity contribution in [3.63, 3.8) is 0 Å². The van der Waals surface area contributed by atoms with Crippen LogP contribution in [0.2, 0.25) is 0 Å². The molecular formula is C13H21F3N2O3. The van der Waals surface area contributed by atoms with Gasteiger partial charge in [-0.2, -0.15) is 18.2 Å². The molecule has 0 radical (unpaired) electrons. The Labute approximate surface area is 122 Å². The Bertz CT molecular complexity index is 383. The van der Waals surface area contributed by atoms with Gasteiger partial charge in [0.25, 0.3) is 0 Å². The first kappa shape index (κ1) is 17.7. The predicted molar refractivity (Wildman–Crippen MR) is 71.3 cm³/mol. The van der Waals surface area contributed by atoms with E-state index in [9.17, 15) is 18.0 Å². The second-order valence-electron chi connectivity index (χ2n) is 5.76. The van der Waals surface area contributed by atoms with Gasteiger partial charge in [0, 0.05) is 18.5 Å². The summed E-state index contributed by atoms with van der Waals surface area (Å²) >= 11 is 0. The van der Waals surface area contributed by atoms with Crippen molar-refractivity contribution in [2.75, 3.05) is 32.9 Å². The van der Waals surface area contributed by atoms with Gasteiger partial charge in [0.1, 0.15) is 12.4 Å². The minimum Gasteiger partial charge on any atom is -0.448 e. The largest absolute Gasteiger partial charge is 0.448 e. The van der Waals surface area contributed by atoms with Crippen LogP contribution in [0.15, 0.2) is 4.99 Å². The molecule has 0 atom stereocenters. The van der Waals surface area contributed by atoms with Crippen molar-refractivity contribution >= 4 is 11.9 Å². The molecule has 1 amide bonds. The average Bonchev–Trinajstić information content (AvgIpc) is 2.34. The molecule has 1 fully saturated rings. The monoisotopic (exact) mass is 310 g/mol. The molecular weight excluding hydrogens is 289 g/mol. The number of carbonyl (C=O) groups is 1. The lowest BCUT2D eigenvalue weighted by Crippen LogP contribution is -2.46. The van der Waals surface area contributed by atoms with Crippen molar-refractivity contribution in [1.29, 1.82) is 0 Å². The quantitative estimate of drug-likeness (QED) is 0.581. The fourth-order valence-electron chi connectivity index (χ4n) is 1.86. The van der Waals surface area contributed by atoms with Crippen molar-refractivity contribution < 1.29 is 27.4 Å². The van der Waals surface area contributed by atoms with Crippen LogP contribution < -0.4 is 0 Å². The molecule has 0 saturated carbocycles. The highest BCUT2D eigenvalue weighted by Crippen LogP contribution is 2.21. The summed E-state index contributed by atoms with van der Waals surface area (Å²) < 4.78 is 45.8. The van der Waals surface area contributed by atoms with E-state index in [1.54, 1.807) is 0 Å². The Hall–Kier alpha value is -1.31. The number of alkyl halides is 3. The van der Waals surface area contributed by atoms with Gasteiger partial charge >= 0.3 is 12.3 Å². The second-order valence-corrected chi connectivity index (χ2v) is 5.76. The van der Waals surface area contributed by atoms with Crippen LogP contribution in [0.1, 0.15) is 27.2 Å². The van der Waals surface area contributed by atoms with Gasteiger partial charge in [-0.25, -0.2) is 4.79 Å². The summed E-state index contributed by atoms with van der Waals surface area (Å²) in [5.41, 5.74) is -0.416. The van der Waals surface area contributed by atoms with E-state index in [0.717, 1.165) is 0 Å². The van der Waals surface area contributed by atoms with Crippen LogP contribution in [0.3, 0.4) is 0 Å². The molecule has 0 bridgehead atoms. The van der Waals surface area contributed by atoms with Crippen molar-refractivity contribution in [2.24, 2.45) is 10.4 Å². The maximum absolute atomic E-state index is 12.0. The van der Waals surface area contributed by atoms with Gasteiger partial charge in [-0.1, -0.05) is 20.8 Å². The number of carbonyl (C=O) groups excluding carboxylic acids is 1. The molecule has 0 aliphatic carbocycles. The SMILES string of the molecule is CC(C)(C)C(=NC(=O)OCCC(F)(F)F)N1CCOCC1. The second kappa shape index (κ2) is 7.11. The normalized spacial score (nSPS) is 17.8. The Morgan fingerprint density at radius 3 is 2.29 bits per heavy atom. The number of hydrogen-bond acceptors (Lipinski definition) is 3. The van der Waals surface area contributed by atoms with E-state index in [1.807, 2.05) is 25.7 Å². The number of nitrogens with zero attached hydrogens (tertiary/aromatic N) is 2. The third-order valence-electron chi connectivity index (χ3n) is 2.79. The number of halogens is 3. The van der Waals surface area contributed by atoms with E-state index in [-0.39, 0.29) is 0 Å². The molecule has 0 spiro atoms. The van der Waals surface area contributed by atoms with Crippen molar-refractivity contribution in [2.45, 2.75) is 33.4 Å². The van der Waals surface area contributed by atoms with E-state index in [1.165, 1.54) is 0 Å². The molecule has 1 heterocycles. The van der Waals surface area contributed by atoms with Crippen molar-refractivity contribution in [1.82, 2.24) is 4.90 Å². The fraction of sp³-hybridized carbons (Fsp3) is 0.846. The summed E-state index contributed by atoms with van der Waals surface area (Å²) in [6.45, 7) is 7.15. The maximum atomic E-state index is 12.0. The lowest BCUT2D eigenvalue weighted by molar-refractivity contribution is -0.141. The zero-order valence-electron chi connectivity index (χ0n) is 12.5. The van der Waals surface area contributed by atoms with E-state index in [2.05, 4.69) is 9.73 Å². The summed E-state index contributed by atoms with van der Waals surface area (Å²) in [5.74, 6) is 0.503. The molecule has 5 nitrogen and oxygen atoms in total. The molecule has 1 rings (SSSR count). The first-order chi connectivity index (χ1) is 9.59. The van der Waals surface area contributed by atoms with Gasteiger partial charge in [0.05, 0.1) is 19.6 Å². The summed E-state index contributed by atoms with van der Waals surface area (Å²) in [6.07, 6.45) is -6.51. The van der Waals surface area contributed by atoms with Crippen LogP contribution in [-0.2, 0) is 9.47 Å². The number of rotatable bonds is 2. The highest BCUT2D eigenvalue weighted by Gasteiger charge is 2.29. The van der Waals surface area contributed by atoms with Crippen molar-refractivity contribution in [3.05, 3.63) is 0 Å². The summed E-state index contributed by atoms with van der Waals surface area (Å²) in [6, 6.07) is 0. The van der Waals surface area contributed by atoms with E-state index in [0.29, 0.717) is 32.1 Å². The Morgan fingerprint density at radius 1 is 1.24 bits per heavy atom. The summed E-state index contributed by atoms with van der Waals surface area (Å²) in [4.78, 5) is 17.3. The molecule has 21 heavy (non-hydrogen) atoms. The van der Waals surface area contributed by atoms with Gasteiger partial charge in [-0.3, -0.25) is 0 Å². The lowest BCUT2D eigenvalue weighted by Gasteiger charge is -2.35. The smallest absolute Gasteiger partial charge is 0.435 e. The zero-order valence-corrected chi connectivity index (χ0v) is 12.5. The van der Waals surface area contributed by atoms with Crippen LogP contribution in [0.25, 0.3) is 0 Å². The third-order valence-corrected chi connectivity index (χ3v) is 2.79. The Morgan fingerprint density at radius 2 is 1.81 bits per heavy atom. The molecule has 0 N–H and O–H groups in total. The predicted octanol–water partition coefficient (Wildman–Crippen LogP) is 2.85. The van der Waals surface area contributed by atoms with E-state index >= 15 is 0 Å². The van der Waals surface area contributed by atoms with Gasteiger partial charge in [0.15, 0.2) is 0 Å². The van der Waals surface area contributed by atoms with Crippen LogP contribution >= 0.6 is 0 Å². The zero-order chi connectivity index (χ0) is 16.1. The fourth-order valence-corrected chi connectivity index (χ4v) is 1.86. The molecule has 0 aromatic rings. The van der Waals surface area contributed by atoms with Crippen molar-refractivity contribution in [3.8, 4) is 0 Å². The Balaban J connectivity index is 2.67. The molecule has 122 valence electrons. The topological polar surface area (TPSA) is 51.1 Å². The minimum atomic E-state index is -4.35. The summed E-state index contributed by atoms with van der Waals surface area (Å²) in [7, 11) is 0. The van der Waals surface area contributed by atoms with Gasteiger partial charge in [0.2, 0.25) is 0 Å². The molecule has 1 aliphatic rings. The highest BCUT2D eigenvalue weighted by atomic mass is 19.4. The van der Waals surface area contributed by atoms with Crippen LogP contribution in [-0.4, -0.2) is 55.9 Å². The number of amidine groups is 1. The van der Waals surface area contributed by atoms with Gasteiger partial charge < -0.3 is 14.4 Å². The molecule has 0 unspecified atom stereocenters. The minimum absolute atomic E-state index is 0.416. The van der Waals surface area contributed by atoms with Gasteiger partial charge in [-0.05, 0) is 0 Å². The number of amides is 1. The molecule has 0 aromatic heterocycles. The van der Waals surface area contributed by atoms with E-state index < -0.39 is 30.7 Å². The maximum Gasteiger partial charge on any atom is 0.435 e. The average molecular weight is 310 g/mol. The number of morpholine rings is 1. The standard InChI is InChI=1S/C13H21F3N2O3/c1-12(2,3)10(18-5-8-20-9-6-18)17-11(19)21-7-4-13(14,15)16/h4-9H2,1-3H3. The first-order valence-corrected chi connectivity index (χ1v) is 6.75. The number of aliphatic imine (C=N–C) groups is 1. The summed E-state index contributed by atoms with van der Waals surface area (Å²) in [5, 5.41) is 0.